The third-order valence-corrected chi connectivity index (χ3v) is 1.86. The standard InChI is InChI=1S/C8H14N4O/c1-2-6(5-9)11-8(13)7-3-4-10-12-7/h3-4,6H,2,5,9H2,1H3,(H,10,12)(H,11,13). The molecule has 1 atom stereocenters. The number of carbonyl (C=O) groups excluding carboxylic acids is 1. The van der Waals surface area contributed by atoms with E-state index in [9.17, 15) is 4.79 Å². The molecule has 5 heteroatoms. The Labute approximate surface area is 76.7 Å². The van der Waals surface area contributed by atoms with E-state index in [1.54, 1.807) is 6.07 Å². The Balaban J connectivity index is 2.50. The van der Waals surface area contributed by atoms with Crippen LogP contribution in [-0.4, -0.2) is 28.7 Å². The summed E-state index contributed by atoms with van der Waals surface area (Å²) in [5.74, 6) is -0.158. The van der Waals surface area contributed by atoms with E-state index in [4.69, 9.17) is 5.73 Å². The van der Waals surface area contributed by atoms with Gasteiger partial charge < -0.3 is 11.1 Å². The Kier molecular flexibility index (Phi) is 3.45. The smallest absolute Gasteiger partial charge is 0.269 e. The Morgan fingerprint density at radius 3 is 3.08 bits per heavy atom. The quantitative estimate of drug-likeness (QED) is 0.606. The predicted molar refractivity (Wildman–Crippen MR) is 49.2 cm³/mol. The third-order valence-electron chi connectivity index (χ3n) is 1.86. The van der Waals surface area contributed by atoms with Crippen molar-refractivity contribution in [1.82, 2.24) is 15.5 Å². The van der Waals surface area contributed by atoms with Crippen LogP contribution in [0.5, 0.6) is 0 Å². The van der Waals surface area contributed by atoms with Crippen LogP contribution >= 0.6 is 0 Å². The van der Waals surface area contributed by atoms with Crippen molar-refractivity contribution >= 4 is 5.91 Å². The van der Waals surface area contributed by atoms with Gasteiger partial charge >= 0.3 is 0 Å². The summed E-state index contributed by atoms with van der Waals surface area (Å²) in [6.07, 6.45) is 2.37. The highest BCUT2D eigenvalue weighted by molar-refractivity contribution is 5.92. The summed E-state index contributed by atoms with van der Waals surface area (Å²) in [6, 6.07) is 1.66. The van der Waals surface area contributed by atoms with Crippen LogP contribution in [0.15, 0.2) is 12.3 Å². The van der Waals surface area contributed by atoms with E-state index in [1.807, 2.05) is 6.92 Å². The summed E-state index contributed by atoms with van der Waals surface area (Å²) >= 11 is 0. The minimum Gasteiger partial charge on any atom is -0.347 e. The molecule has 0 spiro atoms. The molecule has 1 rings (SSSR count). The first kappa shape index (κ1) is 9.73. The molecule has 0 aromatic carbocycles. The molecule has 0 radical (unpaired) electrons. The molecule has 0 aliphatic heterocycles. The number of aromatic nitrogens is 2. The number of hydrogen-bond donors (Lipinski definition) is 3. The second kappa shape index (κ2) is 4.61. The van der Waals surface area contributed by atoms with Crippen molar-refractivity contribution in [1.29, 1.82) is 0 Å². The van der Waals surface area contributed by atoms with Crippen molar-refractivity contribution in [3.8, 4) is 0 Å². The van der Waals surface area contributed by atoms with Gasteiger partial charge in [-0.25, -0.2) is 0 Å². The SMILES string of the molecule is CCC(CN)NC(=O)c1ccn[nH]1. The van der Waals surface area contributed by atoms with Crippen LogP contribution in [0.2, 0.25) is 0 Å². The number of nitrogens with two attached hydrogens (primary N) is 1. The number of amides is 1. The molecule has 0 saturated heterocycles. The number of carbonyl (C=O) groups is 1. The summed E-state index contributed by atoms with van der Waals surface area (Å²) in [6.45, 7) is 2.43. The minimum absolute atomic E-state index is 0.0378. The zero-order chi connectivity index (χ0) is 9.68. The number of H-pyrrole nitrogens is 1. The molecule has 1 heterocycles. The number of aromatic amines is 1. The molecule has 72 valence electrons. The van der Waals surface area contributed by atoms with E-state index in [1.165, 1.54) is 6.20 Å². The van der Waals surface area contributed by atoms with E-state index in [0.717, 1.165) is 6.42 Å². The van der Waals surface area contributed by atoms with Crippen molar-refractivity contribution in [2.75, 3.05) is 6.54 Å². The van der Waals surface area contributed by atoms with Crippen molar-refractivity contribution in [2.45, 2.75) is 19.4 Å². The molecule has 0 saturated carbocycles. The minimum atomic E-state index is -0.158. The number of nitrogens with zero attached hydrogens (tertiary/aromatic N) is 1. The van der Waals surface area contributed by atoms with Gasteiger partial charge in [-0.3, -0.25) is 9.89 Å². The largest absolute Gasteiger partial charge is 0.347 e. The lowest BCUT2D eigenvalue weighted by molar-refractivity contribution is 0.0932. The maximum absolute atomic E-state index is 11.4. The number of nitrogens with one attached hydrogen (secondary N) is 2. The molecule has 0 fully saturated rings. The molecule has 1 aromatic heterocycles. The highest BCUT2D eigenvalue weighted by atomic mass is 16.2. The molecule has 5 nitrogen and oxygen atoms in total. The van der Waals surface area contributed by atoms with E-state index >= 15 is 0 Å². The summed E-state index contributed by atoms with van der Waals surface area (Å²) < 4.78 is 0. The molecule has 0 aliphatic carbocycles. The average molecular weight is 182 g/mol. The average Bonchev–Trinajstić information content (AvgIpc) is 2.66. The van der Waals surface area contributed by atoms with Crippen LogP contribution in [0.25, 0.3) is 0 Å². The molecule has 1 amide bonds. The fourth-order valence-electron chi connectivity index (χ4n) is 0.973. The molecule has 0 bridgehead atoms. The van der Waals surface area contributed by atoms with Gasteiger partial charge in [0.1, 0.15) is 5.69 Å². The van der Waals surface area contributed by atoms with E-state index in [2.05, 4.69) is 15.5 Å². The van der Waals surface area contributed by atoms with E-state index in [-0.39, 0.29) is 11.9 Å². The lowest BCUT2D eigenvalue weighted by Crippen LogP contribution is -2.39. The van der Waals surface area contributed by atoms with Crippen LogP contribution in [0.4, 0.5) is 0 Å². The van der Waals surface area contributed by atoms with Crippen LogP contribution in [0.3, 0.4) is 0 Å². The van der Waals surface area contributed by atoms with Gasteiger partial charge in [0.2, 0.25) is 0 Å². The van der Waals surface area contributed by atoms with Crippen molar-refractivity contribution in [2.24, 2.45) is 5.73 Å². The van der Waals surface area contributed by atoms with Gasteiger partial charge in [0, 0.05) is 18.8 Å². The van der Waals surface area contributed by atoms with Gasteiger partial charge in [0.15, 0.2) is 0 Å². The van der Waals surface area contributed by atoms with Gasteiger partial charge in [-0.2, -0.15) is 5.10 Å². The highest BCUT2D eigenvalue weighted by Crippen LogP contribution is 1.94. The fourth-order valence-corrected chi connectivity index (χ4v) is 0.973. The molecule has 13 heavy (non-hydrogen) atoms. The third kappa shape index (κ3) is 2.55. The number of hydrogen-bond acceptors (Lipinski definition) is 3. The Morgan fingerprint density at radius 2 is 2.62 bits per heavy atom. The fraction of sp³-hybridized carbons (Fsp3) is 0.500. The van der Waals surface area contributed by atoms with Gasteiger partial charge in [-0.1, -0.05) is 6.92 Å². The molecular weight excluding hydrogens is 168 g/mol. The lowest BCUT2D eigenvalue weighted by Gasteiger charge is -2.13. The second-order valence-electron chi connectivity index (χ2n) is 2.78. The topological polar surface area (TPSA) is 83.8 Å². The molecule has 1 aromatic rings. The molecule has 4 N–H and O–H groups in total. The first-order chi connectivity index (χ1) is 6.27. The summed E-state index contributed by atoms with van der Waals surface area (Å²) in [5, 5.41) is 9.06. The monoisotopic (exact) mass is 182 g/mol. The first-order valence-electron chi connectivity index (χ1n) is 4.28. The van der Waals surface area contributed by atoms with Gasteiger partial charge in [-0.05, 0) is 12.5 Å². The zero-order valence-corrected chi connectivity index (χ0v) is 7.58. The van der Waals surface area contributed by atoms with E-state index in [0.29, 0.717) is 12.2 Å². The van der Waals surface area contributed by atoms with Crippen molar-refractivity contribution in [3.63, 3.8) is 0 Å². The molecule has 1 unspecified atom stereocenters. The van der Waals surface area contributed by atoms with Gasteiger partial charge in [0.25, 0.3) is 5.91 Å². The first-order valence-corrected chi connectivity index (χ1v) is 4.28. The van der Waals surface area contributed by atoms with E-state index < -0.39 is 0 Å². The normalized spacial score (nSPS) is 12.5. The summed E-state index contributed by atoms with van der Waals surface area (Å²) in [4.78, 5) is 11.4. The second-order valence-corrected chi connectivity index (χ2v) is 2.78. The Morgan fingerprint density at radius 1 is 1.85 bits per heavy atom. The van der Waals surface area contributed by atoms with Crippen LogP contribution in [0.1, 0.15) is 23.8 Å². The zero-order valence-electron chi connectivity index (χ0n) is 7.58. The Bertz CT molecular complexity index is 253. The van der Waals surface area contributed by atoms with Gasteiger partial charge in [-0.15, -0.1) is 0 Å². The molecule has 0 aliphatic rings. The Hall–Kier alpha value is -1.36. The van der Waals surface area contributed by atoms with Crippen LogP contribution < -0.4 is 11.1 Å². The summed E-state index contributed by atoms with van der Waals surface area (Å²) in [7, 11) is 0. The predicted octanol–water partition coefficient (Wildman–Crippen LogP) is -0.123. The van der Waals surface area contributed by atoms with Crippen LogP contribution in [0, 0.1) is 0 Å². The maximum atomic E-state index is 11.4. The summed E-state index contributed by atoms with van der Waals surface area (Å²) in [5.41, 5.74) is 5.91. The van der Waals surface area contributed by atoms with Crippen molar-refractivity contribution in [3.05, 3.63) is 18.0 Å². The van der Waals surface area contributed by atoms with Gasteiger partial charge in [0.05, 0.1) is 0 Å². The lowest BCUT2D eigenvalue weighted by atomic mass is 10.2. The highest BCUT2D eigenvalue weighted by Gasteiger charge is 2.10. The maximum Gasteiger partial charge on any atom is 0.269 e. The van der Waals surface area contributed by atoms with Crippen molar-refractivity contribution < 1.29 is 4.79 Å². The van der Waals surface area contributed by atoms with Crippen LogP contribution in [-0.2, 0) is 0 Å². The molecular formula is C8H14N4O. The number of rotatable bonds is 4.